The molecule has 0 unspecified atom stereocenters. The average molecular weight is 273 g/mol. The van der Waals surface area contributed by atoms with Crippen molar-refractivity contribution < 1.29 is 14.3 Å². The first-order valence-corrected chi connectivity index (χ1v) is 6.97. The number of nitrogens with zero attached hydrogens (tertiary/aromatic N) is 1. The van der Waals surface area contributed by atoms with Crippen molar-refractivity contribution in [1.82, 2.24) is 15.8 Å². The maximum Gasteiger partial charge on any atom is 0.426 e. The summed E-state index contributed by atoms with van der Waals surface area (Å²) in [7, 11) is 3.04. The zero-order valence-corrected chi connectivity index (χ0v) is 10.4. The molecular weight excluding hydrogens is 262 g/mol. The van der Waals surface area contributed by atoms with Gasteiger partial charge in [-0.2, -0.15) is 0 Å². The molecule has 0 aromatic carbocycles. The fourth-order valence-electron chi connectivity index (χ4n) is 0.791. The van der Waals surface area contributed by atoms with Gasteiger partial charge in [0, 0.05) is 11.9 Å². The maximum atomic E-state index is 10.9. The second kappa shape index (κ2) is 8.71. The summed E-state index contributed by atoms with van der Waals surface area (Å²) in [6, 6.07) is 5.66. The number of rotatable bonds is 7. The third-order valence-corrected chi connectivity index (χ3v) is 3.64. The van der Waals surface area contributed by atoms with Crippen LogP contribution in [0, 0.1) is 0 Å². The molecule has 0 saturated heterocycles. The summed E-state index contributed by atoms with van der Waals surface area (Å²) in [4.78, 5) is 24.8. The predicted octanol–water partition coefficient (Wildman–Crippen LogP) is 1.21. The molecule has 0 spiro atoms. The first-order chi connectivity index (χ1) is 8.33. The number of nitrogens with one attached hydrogen (secondary N) is 2. The highest BCUT2D eigenvalue weighted by Gasteiger charge is 2.00. The van der Waals surface area contributed by atoms with Crippen molar-refractivity contribution in [3.63, 3.8) is 0 Å². The summed E-state index contributed by atoms with van der Waals surface area (Å²) < 4.78 is 4.76. The third kappa shape index (κ3) is 6.69. The predicted molar refractivity (Wildman–Crippen MR) is 66.2 cm³/mol. The highest BCUT2D eigenvalue weighted by atomic mass is 33.1. The van der Waals surface area contributed by atoms with E-state index in [0.29, 0.717) is 12.2 Å². The van der Waals surface area contributed by atoms with Gasteiger partial charge in [-0.05, 0) is 22.9 Å². The molecule has 0 aliphatic heterocycles. The second-order valence-corrected chi connectivity index (χ2v) is 5.03. The van der Waals surface area contributed by atoms with Gasteiger partial charge in [0.1, 0.15) is 11.6 Å². The van der Waals surface area contributed by atoms with Crippen LogP contribution in [0.1, 0.15) is 0 Å². The van der Waals surface area contributed by atoms with Gasteiger partial charge in [0.2, 0.25) is 6.41 Å². The Morgan fingerprint density at radius 1 is 1.53 bits per heavy atom. The van der Waals surface area contributed by atoms with E-state index in [1.54, 1.807) is 6.20 Å². The maximum absolute atomic E-state index is 10.9. The van der Waals surface area contributed by atoms with E-state index in [1.165, 1.54) is 21.6 Å². The number of ether oxygens (including phenoxy) is 1. The minimum absolute atomic E-state index is 0.261. The molecule has 1 aromatic heterocycles. The zero-order chi connectivity index (χ0) is 12.3. The van der Waals surface area contributed by atoms with E-state index in [0.717, 1.165) is 5.03 Å². The van der Waals surface area contributed by atoms with E-state index in [1.807, 2.05) is 29.1 Å². The molecule has 1 heterocycles. The van der Waals surface area contributed by atoms with Gasteiger partial charge in [-0.25, -0.2) is 15.2 Å². The van der Waals surface area contributed by atoms with Crippen LogP contribution in [0.2, 0.25) is 0 Å². The SMILES string of the molecule is O=CNNC(=O)OCCSSc1ccccn1. The van der Waals surface area contributed by atoms with Crippen LogP contribution in [0.25, 0.3) is 0 Å². The molecule has 1 aromatic rings. The Morgan fingerprint density at radius 3 is 3.12 bits per heavy atom. The van der Waals surface area contributed by atoms with Crippen molar-refractivity contribution in [3.05, 3.63) is 24.4 Å². The Balaban J connectivity index is 2.01. The molecule has 0 aliphatic rings. The van der Waals surface area contributed by atoms with E-state index >= 15 is 0 Å². The van der Waals surface area contributed by atoms with Crippen LogP contribution in [0.5, 0.6) is 0 Å². The van der Waals surface area contributed by atoms with E-state index in [9.17, 15) is 9.59 Å². The van der Waals surface area contributed by atoms with Crippen LogP contribution in [-0.4, -0.2) is 29.8 Å². The molecule has 0 saturated carbocycles. The van der Waals surface area contributed by atoms with Gasteiger partial charge in [0.15, 0.2) is 0 Å². The van der Waals surface area contributed by atoms with Crippen LogP contribution in [0.15, 0.2) is 29.4 Å². The number of hydrogen-bond donors (Lipinski definition) is 2. The fraction of sp³-hybridized carbons (Fsp3) is 0.222. The summed E-state index contributed by atoms with van der Waals surface area (Å²) in [6.07, 6.45) is 1.39. The van der Waals surface area contributed by atoms with Gasteiger partial charge in [0.25, 0.3) is 0 Å². The molecule has 92 valence electrons. The van der Waals surface area contributed by atoms with Crippen molar-refractivity contribution >= 4 is 34.1 Å². The van der Waals surface area contributed by atoms with Gasteiger partial charge >= 0.3 is 6.09 Å². The zero-order valence-electron chi connectivity index (χ0n) is 8.79. The number of carbonyl (C=O) groups excluding carboxylic acids is 2. The molecule has 0 fully saturated rings. The summed E-state index contributed by atoms with van der Waals surface area (Å²) in [5.41, 5.74) is 4.02. The Morgan fingerprint density at radius 2 is 2.41 bits per heavy atom. The summed E-state index contributed by atoms with van der Waals surface area (Å²) in [6.45, 7) is 0.261. The number of pyridine rings is 1. The molecule has 2 amide bonds. The summed E-state index contributed by atoms with van der Waals surface area (Å²) in [5, 5.41) is 0.907. The van der Waals surface area contributed by atoms with Crippen LogP contribution >= 0.6 is 21.6 Å². The molecule has 6 nitrogen and oxygen atoms in total. The van der Waals surface area contributed by atoms with Crippen molar-refractivity contribution in [3.8, 4) is 0 Å². The van der Waals surface area contributed by atoms with Gasteiger partial charge < -0.3 is 4.74 Å². The van der Waals surface area contributed by atoms with Crippen LogP contribution in [-0.2, 0) is 9.53 Å². The van der Waals surface area contributed by atoms with Crippen molar-refractivity contribution in [2.24, 2.45) is 0 Å². The molecule has 0 bridgehead atoms. The van der Waals surface area contributed by atoms with Crippen LogP contribution in [0.3, 0.4) is 0 Å². The molecule has 8 heteroatoms. The van der Waals surface area contributed by atoms with Crippen LogP contribution in [0.4, 0.5) is 4.79 Å². The highest BCUT2D eigenvalue weighted by molar-refractivity contribution is 8.76. The fourth-order valence-corrected chi connectivity index (χ4v) is 2.50. The molecular formula is C9H11N3O3S2. The molecule has 2 N–H and O–H groups in total. The largest absolute Gasteiger partial charge is 0.447 e. The van der Waals surface area contributed by atoms with Gasteiger partial charge in [-0.1, -0.05) is 16.9 Å². The first kappa shape index (κ1) is 13.7. The van der Waals surface area contributed by atoms with E-state index in [4.69, 9.17) is 4.74 Å². The number of hydrazine groups is 1. The minimum Gasteiger partial charge on any atom is -0.447 e. The van der Waals surface area contributed by atoms with E-state index in [2.05, 4.69) is 4.98 Å². The Kier molecular flexibility index (Phi) is 6.99. The normalized spacial score (nSPS) is 9.41. The first-order valence-electron chi connectivity index (χ1n) is 4.65. The van der Waals surface area contributed by atoms with E-state index < -0.39 is 6.09 Å². The standard InChI is InChI=1S/C9H11N3O3S2/c13-7-11-12-9(14)15-5-6-16-17-8-3-1-2-4-10-8/h1-4,7H,5-6H2,(H,11,13)(H,12,14). The lowest BCUT2D eigenvalue weighted by molar-refractivity contribution is -0.110. The Hall–Kier alpha value is -1.41. The van der Waals surface area contributed by atoms with Gasteiger partial charge in [-0.3, -0.25) is 10.2 Å². The van der Waals surface area contributed by atoms with Crippen molar-refractivity contribution in [2.75, 3.05) is 12.4 Å². The van der Waals surface area contributed by atoms with Gasteiger partial charge in [-0.15, -0.1) is 0 Å². The molecule has 17 heavy (non-hydrogen) atoms. The summed E-state index contributed by atoms with van der Waals surface area (Å²) in [5.74, 6) is 0.635. The second-order valence-electron chi connectivity index (χ2n) is 2.60. The summed E-state index contributed by atoms with van der Waals surface area (Å²) >= 11 is 0. The minimum atomic E-state index is -0.680. The smallest absolute Gasteiger partial charge is 0.426 e. The number of amides is 2. The highest BCUT2D eigenvalue weighted by Crippen LogP contribution is 2.28. The van der Waals surface area contributed by atoms with Crippen molar-refractivity contribution in [1.29, 1.82) is 0 Å². The number of hydrogen-bond acceptors (Lipinski definition) is 6. The number of aromatic nitrogens is 1. The van der Waals surface area contributed by atoms with E-state index in [-0.39, 0.29) is 6.61 Å². The molecule has 1 rings (SSSR count). The molecule has 0 aliphatic carbocycles. The lowest BCUT2D eigenvalue weighted by atomic mass is 10.5. The monoisotopic (exact) mass is 273 g/mol. The van der Waals surface area contributed by atoms with Gasteiger partial charge in [0.05, 0.1) is 0 Å². The Bertz CT molecular complexity index is 351. The average Bonchev–Trinajstić information content (AvgIpc) is 2.37. The van der Waals surface area contributed by atoms with Crippen LogP contribution < -0.4 is 10.9 Å². The quantitative estimate of drug-likeness (QED) is 0.336. The number of carbonyl (C=O) groups is 2. The lowest BCUT2D eigenvalue weighted by Gasteiger charge is -2.04. The lowest BCUT2D eigenvalue weighted by Crippen LogP contribution is -2.36. The topological polar surface area (TPSA) is 80.3 Å². The third-order valence-electron chi connectivity index (χ3n) is 1.42. The van der Waals surface area contributed by atoms with Crippen molar-refractivity contribution in [2.45, 2.75) is 5.03 Å². The molecule has 0 atom stereocenters. The Labute approximate surface area is 106 Å². The molecule has 0 radical (unpaired) electrons.